The summed E-state index contributed by atoms with van der Waals surface area (Å²) in [5, 5.41) is 3.77. The first-order valence-electron chi connectivity index (χ1n) is 7.77. The molecule has 0 radical (unpaired) electrons. The van der Waals surface area contributed by atoms with Gasteiger partial charge in [-0.05, 0) is 24.7 Å². The van der Waals surface area contributed by atoms with Gasteiger partial charge >= 0.3 is 0 Å². The maximum Gasteiger partial charge on any atom is 0.263 e. The second-order valence-electron chi connectivity index (χ2n) is 5.78. The largest absolute Gasteiger partial charge is 0.381 e. The Hall–Kier alpha value is -1.02. The van der Waals surface area contributed by atoms with E-state index in [1.165, 1.54) is 11.3 Å². The monoisotopic (exact) mass is 326 g/mol. The predicted molar refractivity (Wildman–Crippen MR) is 81.9 cm³/mol. The minimum atomic E-state index is -0.413. The van der Waals surface area contributed by atoms with Gasteiger partial charge in [0, 0.05) is 19.8 Å². The van der Waals surface area contributed by atoms with Crippen molar-refractivity contribution in [1.82, 2.24) is 10.3 Å². The molecule has 0 saturated carbocycles. The molecule has 0 aromatic carbocycles. The maximum atomic E-state index is 12.3. The fourth-order valence-electron chi connectivity index (χ4n) is 2.82. The normalized spacial score (nSPS) is 21.9. The van der Waals surface area contributed by atoms with Gasteiger partial charge in [-0.2, -0.15) is 0 Å². The van der Waals surface area contributed by atoms with Crippen LogP contribution in [0.5, 0.6) is 0 Å². The lowest BCUT2D eigenvalue weighted by Gasteiger charge is -2.36. The maximum absolute atomic E-state index is 12.3. The van der Waals surface area contributed by atoms with Crippen molar-refractivity contribution >= 4 is 17.2 Å². The van der Waals surface area contributed by atoms with E-state index in [4.69, 9.17) is 14.2 Å². The summed E-state index contributed by atoms with van der Waals surface area (Å²) in [4.78, 5) is 17.2. The summed E-state index contributed by atoms with van der Waals surface area (Å²) in [6, 6.07) is 0. The summed E-state index contributed by atoms with van der Waals surface area (Å²) < 4.78 is 16.2. The van der Waals surface area contributed by atoms with E-state index < -0.39 is 6.29 Å². The number of amides is 1. The first-order chi connectivity index (χ1) is 10.7. The van der Waals surface area contributed by atoms with Crippen molar-refractivity contribution in [2.45, 2.75) is 32.5 Å². The van der Waals surface area contributed by atoms with Crippen molar-refractivity contribution < 1.29 is 19.0 Å². The van der Waals surface area contributed by atoms with Crippen molar-refractivity contribution in [2.75, 3.05) is 33.0 Å². The number of nitrogens with one attached hydrogen (secondary N) is 1. The zero-order valence-electron chi connectivity index (χ0n) is 12.8. The van der Waals surface area contributed by atoms with E-state index in [2.05, 4.69) is 17.2 Å². The molecule has 2 saturated heterocycles. The highest BCUT2D eigenvalue weighted by Crippen LogP contribution is 2.33. The van der Waals surface area contributed by atoms with Crippen LogP contribution in [-0.2, 0) is 14.2 Å². The molecule has 0 bridgehead atoms. The van der Waals surface area contributed by atoms with Crippen LogP contribution in [0.1, 0.15) is 47.2 Å². The predicted octanol–water partition coefficient (Wildman–Crippen LogP) is 2.13. The third-order valence-electron chi connectivity index (χ3n) is 4.50. The summed E-state index contributed by atoms with van der Waals surface area (Å²) in [6.07, 6.45) is 4.24. The Balaban J connectivity index is 1.57. The summed E-state index contributed by atoms with van der Waals surface area (Å²) in [6.45, 7) is 5.59. The number of carbonyl (C=O) groups is 1. The van der Waals surface area contributed by atoms with Crippen molar-refractivity contribution in [3.8, 4) is 0 Å². The van der Waals surface area contributed by atoms with Gasteiger partial charge in [-0.25, -0.2) is 4.98 Å². The summed E-state index contributed by atoms with van der Waals surface area (Å²) in [5.41, 5.74) is 0.166. The minimum absolute atomic E-state index is 0.0685. The van der Waals surface area contributed by atoms with Crippen LogP contribution in [0, 0.1) is 5.41 Å². The standard InChI is InChI=1S/C15H22N2O4S/c1-2-15(3-5-19-6-4-15)10-17-12(18)11-9-16-13(22-11)14-20-7-8-21-14/h9,14H,2-8,10H2,1H3,(H,17,18). The molecule has 1 N–H and O–H groups in total. The Morgan fingerprint density at radius 2 is 2.09 bits per heavy atom. The van der Waals surface area contributed by atoms with Crippen LogP contribution < -0.4 is 5.32 Å². The van der Waals surface area contributed by atoms with Gasteiger partial charge in [0.15, 0.2) is 0 Å². The fraction of sp³-hybridized carbons (Fsp3) is 0.733. The van der Waals surface area contributed by atoms with Crippen LogP contribution in [0.3, 0.4) is 0 Å². The van der Waals surface area contributed by atoms with Crippen molar-refractivity contribution in [2.24, 2.45) is 5.41 Å². The molecule has 1 aromatic heterocycles. The zero-order valence-corrected chi connectivity index (χ0v) is 13.6. The summed E-state index contributed by atoms with van der Waals surface area (Å²) >= 11 is 1.33. The third-order valence-corrected chi connectivity index (χ3v) is 5.52. The molecule has 0 unspecified atom stereocenters. The number of hydrogen-bond acceptors (Lipinski definition) is 6. The molecule has 2 fully saturated rings. The minimum Gasteiger partial charge on any atom is -0.381 e. The Morgan fingerprint density at radius 3 is 2.77 bits per heavy atom. The van der Waals surface area contributed by atoms with Crippen molar-refractivity contribution in [3.63, 3.8) is 0 Å². The van der Waals surface area contributed by atoms with Crippen LogP contribution in [0.4, 0.5) is 0 Å². The van der Waals surface area contributed by atoms with E-state index in [1.54, 1.807) is 6.20 Å². The van der Waals surface area contributed by atoms with Gasteiger partial charge in [0.2, 0.25) is 6.29 Å². The SMILES string of the molecule is CCC1(CNC(=O)c2cnc(C3OCCO3)s2)CCOCC1. The van der Waals surface area contributed by atoms with Gasteiger partial charge in [-0.1, -0.05) is 6.92 Å². The van der Waals surface area contributed by atoms with E-state index >= 15 is 0 Å². The lowest BCUT2D eigenvalue weighted by atomic mass is 9.78. The third kappa shape index (κ3) is 3.48. The molecule has 2 aliphatic heterocycles. The molecule has 0 spiro atoms. The summed E-state index contributed by atoms with van der Waals surface area (Å²) in [7, 11) is 0. The van der Waals surface area contributed by atoms with Gasteiger partial charge in [-0.15, -0.1) is 11.3 Å². The number of ether oxygens (including phenoxy) is 3. The Bertz CT molecular complexity index is 507. The van der Waals surface area contributed by atoms with Crippen LogP contribution >= 0.6 is 11.3 Å². The van der Waals surface area contributed by atoms with Gasteiger partial charge in [0.25, 0.3) is 5.91 Å². The van der Waals surface area contributed by atoms with Crippen molar-refractivity contribution in [3.05, 3.63) is 16.1 Å². The molecular weight excluding hydrogens is 304 g/mol. The number of carbonyl (C=O) groups excluding carboxylic acids is 1. The smallest absolute Gasteiger partial charge is 0.263 e. The van der Waals surface area contributed by atoms with Crippen LogP contribution in [0.15, 0.2) is 6.20 Å². The molecule has 7 heteroatoms. The number of rotatable bonds is 5. The number of aromatic nitrogens is 1. The van der Waals surface area contributed by atoms with E-state index in [-0.39, 0.29) is 11.3 Å². The van der Waals surface area contributed by atoms with Crippen molar-refractivity contribution in [1.29, 1.82) is 0 Å². The topological polar surface area (TPSA) is 69.7 Å². The molecule has 22 heavy (non-hydrogen) atoms. The Kier molecular flexibility index (Phi) is 5.07. The van der Waals surface area contributed by atoms with E-state index in [0.717, 1.165) is 32.5 Å². The Labute approximate surface area is 134 Å². The van der Waals surface area contributed by atoms with Crippen LogP contribution in [0.25, 0.3) is 0 Å². The first kappa shape index (κ1) is 15.9. The molecule has 2 aliphatic rings. The molecule has 1 amide bonds. The lowest BCUT2D eigenvalue weighted by Crippen LogP contribution is -2.40. The highest BCUT2D eigenvalue weighted by molar-refractivity contribution is 7.13. The second-order valence-corrected chi connectivity index (χ2v) is 6.85. The molecular formula is C15H22N2O4S. The van der Waals surface area contributed by atoms with E-state index in [0.29, 0.717) is 29.6 Å². The number of thiazole rings is 1. The van der Waals surface area contributed by atoms with E-state index in [1.807, 2.05) is 0 Å². The second kappa shape index (κ2) is 7.04. The lowest BCUT2D eigenvalue weighted by molar-refractivity contribution is -0.0442. The Morgan fingerprint density at radius 1 is 1.36 bits per heavy atom. The number of nitrogens with zero attached hydrogens (tertiary/aromatic N) is 1. The molecule has 3 rings (SSSR count). The van der Waals surface area contributed by atoms with Gasteiger partial charge in [0.1, 0.15) is 9.88 Å². The first-order valence-corrected chi connectivity index (χ1v) is 8.59. The van der Waals surface area contributed by atoms with Crippen LogP contribution in [-0.4, -0.2) is 43.9 Å². The quantitative estimate of drug-likeness (QED) is 0.897. The van der Waals surface area contributed by atoms with Gasteiger partial charge in [-0.3, -0.25) is 4.79 Å². The molecule has 1 aromatic rings. The van der Waals surface area contributed by atoms with Crippen LogP contribution in [0.2, 0.25) is 0 Å². The number of hydrogen-bond donors (Lipinski definition) is 1. The summed E-state index contributed by atoms with van der Waals surface area (Å²) in [5.74, 6) is -0.0685. The van der Waals surface area contributed by atoms with E-state index in [9.17, 15) is 4.79 Å². The molecule has 6 nitrogen and oxygen atoms in total. The average Bonchev–Trinajstić information content (AvgIpc) is 3.24. The van der Waals surface area contributed by atoms with Gasteiger partial charge in [0.05, 0.1) is 19.4 Å². The zero-order chi connectivity index (χ0) is 15.4. The molecule has 0 atom stereocenters. The molecule has 0 aliphatic carbocycles. The van der Waals surface area contributed by atoms with Gasteiger partial charge < -0.3 is 19.5 Å². The fourth-order valence-corrected chi connectivity index (χ4v) is 3.65. The molecule has 3 heterocycles. The molecule has 122 valence electrons. The highest BCUT2D eigenvalue weighted by atomic mass is 32.1. The average molecular weight is 326 g/mol. The highest BCUT2D eigenvalue weighted by Gasteiger charge is 2.31.